The Morgan fingerprint density at radius 2 is 2.00 bits per heavy atom. The van der Waals surface area contributed by atoms with E-state index in [1.165, 1.54) is 7.11 Å². The molecule has 3 atom stereocenters. The van der Waals surface area contributed by atoms with Crippen LogP contribution >= 0.6 is 0 Å². The summed E-state index contributed by atoms with van der Waals surface area (Å²) >= 11 is 0. The van der Waals surface area contributed by atoms with E-state index in [0.29, 0.717) is 31.7 Å². The molecule has 1 N–H and O–H groups in total. The molecule has 4 nitrogen and oxygen atoms in total. The summed E-state index contributed by atoms with van der Waals surface area (Å²) in [5, 5.41) is 2.93. The quantitative estimate of drug-likeness (QED) is 0.807. The number of amides is 1. The highest BCUT2D eigenvalue weighted by Gasteiger charge is 2.36. The van der Waals surface area contributed by atoms with Crippen LogP contribution in [0, 0.1) is 23.4 Å². The van der Waals surface area contributed by atoms with E-state index in [1.54, 1.807) is 6.92 Å². The van der Waals surface area contributed by atoms with Crippen LogP contribution in [0.4, 0.5) is 13.2 Å². The van der Waals surface area contributed by atoms with Crippen molar-refractivity contribution in [2.45, 2.75) is 32.4 Å². The number of benzene rings is 1. The Kier molecular flexibility index (Phi) is 6.23. The summed E-state index contributed by atoms with van der Waals surface area (Å²) in [7, 11) is 1.52. The molecule has 0 unspecified atom stereocenters. The number of nitrogens with one attached hydrogen (secondary N) is 1. The summed E-state index contributed by atoms with van der Waals surface area (Å²) in [5.41, 5.74) is 0.329. The van der Waals surface area contributed by atoms with Crippen molar-refractivity contribution in [3.05, 3.63) is 35.1 Å². The lowest BCUT2D eigenvalue weighted by Gasteiger charge is -2.29. The summed E-state index contributed by atoms with van der Waals surface area (Å²) < 4.78 is 45.4. The number of carbonyl (C=O) groups is 1. The predicted molar refractivity (Wildman–Crippen MR) is 83.9 cm³/mol. The molecule has 7 heteroatoms. The number of hydrogen-bond acceptors (Lipinski definition) is 3. The number of likely N-dealkylation sites (N-methyl/N-ethyl adjacent to an activating group) is 1. The highest BCUT2D eigenvalue weighted by molar-refractivity contribution is 5.78. The lowest BCUT2D eigenvalue weighted by molar-refractivity contribution is -0.126. The highest BCUT2D eigenvalue weighted by atomic mass is 19.2. The number of hydrogen-bond donors (Lipinski definition) is 1. The molecule has 24 heavy (non-hydrogen) atoms. The third-order valence-electron chi connectivity index (χ3n) is 4.45. The van der Waals surface area contributed by atoms with Crippen LogP contribution in [0.5, 0.6) is 0 Å². The molecule has 1 aliphatic rings. The van der Waals surface area contributed by atoms with Crippen molar-refractivity contribution < 1.29 is 22.7 Å². The molecule has 0 aromatic heterocycles. The van der Waals surface area contributed by atoms with Crippen LogP contribution < -0.4 is 5.32 Å². The number of carbonyl (C=O) groups excluding carboxylic acids is 1. The smallest absolute Gasteiger partial charge is 0.225 e. The van der Waals surface area contributed by atoms with Gasteiger partial charge in [0, 0.05) is 19.7 Å². The molecule has 0 bridgehead atoms. The Balaban J connectivity index is 2.24. The van der Waals surface area contributed by atoms with Gasteiger partial charge in [-0.2, -0.15) is 0 Å². The van der Waals surface area contributed by atoms with Crippen molar-refractivity contribution in [3.8, 4) is 0 Å². The third kappa shape index (κ3) is 3.89. The number of rotatable bonds is 6. The van der Waals surface area contributed by atoms with Crippen molar-refractivity contribution in [3.63, 3.8) is 0 Å². The number of likely N-dealkylation sites (tertiary alicyclic amines) is 1. The fourth-order valence-corrected chi connectivity index (χ4v) is 3.20. The molecule has 134 valence electrons. The summed E-state index contributed by atoms with van der Waals surface area (Å²) in [6.07, 6.45) is 0.657. The molecule has 2 rings (SSSR count). The second-order valence-corrected chi connectivity index (χ2v) is 6.13. The van der Waals surface area contributed by atoms with Crippen LogP contribution in [-0.2, 0) is 9.53 Å². The van der Waals surface area contributed by atoms with Crippen molar-refractivity contribution in [2.24, 2.45) is 5.92 Å². The number of ether oxygens (including phenoxy) is 1. The van der Waals surface area contributed by atoms with Crippen LogP contribution in [0.2, 0.25) is 0 Å². The van der Waals surface area contributed by atoms with Crippen LogP contribution in [-0.4, -0.2) is 43.7 Å². The zero-order valence-corrected chi connectivity index (χ0v) is 14.1. The van der Waals surface area contributed by atoms with E-state index < -0.39 is 23.5 Å². The second-order valence-electron chi connectivity index (χ2n) is 6.13. The Morgan fingerprint density at radius 3 is 2.54 bits per heavy atom. The van der Waals surface area contributed by atoms with Gasteiger partial charge in [-0.1, -0.05) is 13.8 Å². The maximum absolute atomic E-state index is 13.6. The highest BCUT2D eigenvalue weighted by Crippen LogP contribution is 2.33. The Bertz CT molecular complexity index is 574. The average molecular weight is 344 g/mol. The van der Waals surface area contributed by atoms with Crippen molar-refractivity contribution in [1.82, 2.24) is 10.2 Å². The largest absolute Gasteiger partial charge is 0.384 e. The first-order valence-corrected chi connectivity index (χ1v) is 8.06. The molecule has 1 fully saturated rings. The minimum Gasteiger partial charge on any atom is -0.384 e. The Labute approximate surface area is 140 Å². The summed E-state index contributed by atoms with van der Waals surface area (Å²) in [5.74, 6) is -4.41. The third-order valence-corrected chi connectivity index (χ3v) is 4.45. The number of halogens is 3. The molecule has 0 radical (unpaired) electrons. The van der Waals surface area contributed by atoms with E-state index in [-0.39, 0.29) is 17.9 Å². The molecule has 1 heterocycles. The van der Waals surface area contributed by atoms with Crippen LogP contribution in [0.3, 0.4) is 0 Å². The molecule has 1 aromatic carbocycles. The van der Waals surface area contributed by atoms with Gasteiger partial charge in [0.25, 0.3) is 0 Å². The average Bonchev–Trinajstić information content (AvgIpc) is 2.94. The number of methoxy groups -OCH3 is 1. The van der Waals surface area contributed by atoms with E-state index in [0.717, 1.165) is 12.1 Å². The molecule has 1 aromatic rings. The minimum absolute atomic E-state index is 0.173. The zero-order valence-electron chi connectivity index (χ0n) is 14.1. The molecule has 1 amide bonds. The first kappa shape index (κ1) is 18.7. The molecule has 0 spiro atoms. The first-order valence-electron chi connectivity index (χ1n) is 8.06. The SMILES string of the molecule is CCN1CC[C@H](NC(=O)[C@@H](C)COC)[C@@H]1c1cc(F)c(F)c(F)c1. The minimum atomic E-state index is -1.48. The Morgan fingerprint density at radius 1 is 1.38 bits per heavy atom. The summed E-state index contributed by atoms with van der Waals surface area (Å²) in [6.45, 7) is 5.32. The van der Waals surface area contributed by atoms with E-state index in [1.807, 2.05) is 11.8 Å². The topological polar surface area (TPSA) is 41.6 Å². The van der Waals surface area contributed by atoms with Gasteiger partial charge in [0.05, 0.1) is 18.6 Å². The lowest BCUT2D eigenvalue weighted by atomic mass is 9.98. The molecule has 1 aliphatic heterocycles. The number of nitrogens with zero attached hydrogens (tertiary/aromatic N) is 1. The lowest BCUT2D eigenvalue weighted by Crippen LogP contribution is -2.42. The fraction of sp³-hybridized carbons (Fsp3) is 0.588. The van der Waals surface area contributed by atoms with Crippen LogP contribution in [0.1, 0.15) is 31.9 Å². The molecular formula is C17H23F3N2O2. The van der Waals surface area contributed by atoms with Gasteiger partial charge in [0.15, 0.2) is 17.5 Å². The predicted octanol–water partition coefficient (Wildman–Crippen LogP) is 2.64. The zero-order chi connectivity index (χ0) is 17.9. The van der Waals surface area contributed by atoms with E-state index in [2.05, 4.69) is 5.32 Å². The van der Waals surface area contributed by atoms with E-state index in [4.69, 9.17) is 4.74 Å². The van der Waals surface area contributed by atoms with Gasteiger partial charge in [-0.05, 0) is 30.7 Å². The van der Waals surface area contributed by atoms with Crippen molar-refractivity contribution in [2.75, 3.05) is 26.8 Å². The normalized spacial score (nSPS) is 22.6. The van der Waals surface area contributed by atoms with Gasteiger partial charge < -0.3 is 10.1 Å². The molecular weight excluding hydrogens is 321 g/mol. The van der Waals surface area contributed by atoms with Crippen LogP contribution in [0.25, 0.3) is 0 Å². The van der Waals surface area contributed by atoms with Gasteiger partial charge in [-0.15, -0.1) is 0 Å². The summed E-state index contributed by atoms with van der Waals surface area (Å²) in [6, 6.07) is 1.34. The first-order chi connectivity index (χ1) is 11.4. The van der Waals surface area contributed by atoms with Crippen molar-refractivity contribution >= 4 is 5.91 Å². The monoisotopic (exact) mass is 344 g/mol. The van der Waals surface area contributed by atoms with Crippen molar-refractivity contribution in [1.29, 1.82) is 0 Å². The van der Waals surface area contributed by atoms with E-state index >= 15 is 0 Å². The van der Waals surface area contributed by atoms with E-state index in [9.17, 15) is 18.0 Å². The molecule has 0 aliphatic carbocycles. The standard InChI is InChI=1S/C17H23F3N2O2/c1-4-22-6-5-14(21-17(23)10(2)9-24-3)16(22)11-7-12(18)15(20)13(19)8-11/h7-8,10,14,16H,4-6,9H2,1-3H3,(H,21,23)/t10-,14-,16-/m0/s1. The Hall–Kier alpha value is -1.60. The van der Waals surface area contributed by atoms with Crippen LogP contribution in [0.15, 0.2) is 12.1 Å². The van der Waals surface area contributed by atoms with Gasteiger partial charge in [-0.25, -0.2) is 13.2 Å². The van der Waals surface area contributed by atoms with Gasteiger partial charge in [0.1, 0.15) is 0 Å². The van der Waals surface area contributed by atoms with Gasteiger partial charge in [0.2, 0.25) is 5.91 Å². The molecule has 1 saturated heterocycles. The van der Waals surface area contributed by atoms with Gasteiger partial charge in [-0.3, -0.25) is 9.69 Å². The fourth-order valence-electron chi connectivity index (χ4n) is 3.20. The molecule has 0 saturated carbocycles. The maximum atomic E-state index is 13.6. The maximum Gasteiger partial charge on any atom is 0.225 e. The summed E-state index contributed by atoms with van der Waals surface area (Å²) in [4.78, 5) is 14.2. The van der Waals surface area contributed by atoms with Gasteiger partial charge >= 0.3 is 0 Å². The second kappa shape index (κ2) is 7.98.